The SMILES string of the molecule is Cl.O=C(c1ccccc1)N1CCCN(C(=O)C2CC3CCCCC3N2)CC1. The molecule has 0 bridgehead atoms. The zero-order valence-corrected chi connectivity index (χ0v) is 16.6. The van der Waals surface area contributed by atoms with Gasteiger partial charge in [0, 0.05) is 37.8 Å². The van der Waals surface area contributed by atoms with E-state index in [-0.39, 0.29) is 30.3 Å². The normalized spacial score (nSPS) is 28.1. The standard InChI is InChI=1S/C21H29N3O2.ClH/c25-20(16-7-2-1-3-8-16)23-11-6-12-24(14-13-23)21(26)19-15-17-9-4-5-10-18(17)22-19;/h1-3,7-8,17-19,22H,4-6,9-15H2;1H. The molecule has 3 aliphatic rings. The lowest BCUT2D eigenvalue weighted by molar-refractivity contribution is -0.133. The van der Waals surface area contributed by atoms with Crippen LogP contribution in [0.25, 0.3) is 0 Å². The van der Waals surface area contributed by atoms with Gasteiger partial charge in [0.25, 0.3) is 5.91 Å². The van der Waals surface area contributed by atoms with Crippen molar-refractivity contribution in [2.24, 2.45) is 5.92 Å². The van der Waals surface area contributed by atoms with Crippen molar-refractivity contribution in [3.8, 4) is 0 Å². The van der Waals surface area contributed by atoms with Crippen LogP contribution in [0.15, 0.2) is 30.3 Å². The lowest BCUT2D eigenvalue weighted by Crippen LogP contribution is -2.46. The van der Waals surface area contributed by atoms with Crippen LogP contribution in [0, 0.1) is 5.92 Å². The Kier molecular flexibility index (Phi) is 6.77. The van der Waals surface area contributed by atoms with E-state index in [9.17, 15) is 9.59 Å². The molecule has 0 aromatic heterocycles. The largest absolute Gasteiger partial charge is 0.340 e. The molecule has 2 aliphatic heterocycles. The summed E-state index contributed by atoms with van der Waals surface area (Å²) in [5.74, 6) is 0.999. The van der Waals surface area contributed by atoms with Crippen LogP contribution in [-0.2, 0) is 4.79 Å². The topological polar surface area (TPSA) is 52.7 Å². The number of hydrogen-bond donors (Lipinski definition) is 1. The van der Waals surface area contributed by atoms with E-state index in [4.69, 9.17) is 0 Å². The molecule has 1 N–H and O–H groups in total. The molecular formula is C21H30ClN3O2. The van der Waals surface area contributed by atoms with Gasteiger partial charge in [-0.15, -0.1) is 12.4 Å². The monoisotopic (exact) mass is 391 g/mol. The van der Waals surface area contributed by atoms with Crippen molar-refractivity contribution in [1.82, 2.24) is 15.1 Å². The Labute approximate surface area is 167 Å². The number of rotatable bonds is 2. The highest BCUT2D eigenvalue weighted by Gasteiger charge is 2.39. The first-order valence-electron chi connectivity index (χ1n) is 10.1. The van der Waals surface area contributed by atoms with E-state index in [1.165, 1.54) is 25.7 Å². The van der Waals surface area contributed by atoms with Gasteiger partial charge in [-0.25, -0.2) is 0 Å². The predicted octanol–water partition coefficient (Wildman–Crippen LogP) is 2.70. The van der Waals surface area contributed by atoms with Gasteiger partial charge in [-0.2, -0.15) is 0 Å². The van der Waals surface area contributed by atoms with Crippen LogP contribution in [0.3, 0.4) is 0 Å². The molecule has 27 heavy (non-hydrogen) atoms. The third-order valence-corrected chi connectivity index (χ3v) is 6.28. The molecule has 148 valence electrons. The minimum atomic E-state index is -0.0144. The van der Waals surface area contributed by atoms with Crippen molar-refractivity contribution in [1.29, 1.82) is 0 Å². The van der Waals surface area contributed by atoms with E-state index in [2.05, 4.69) is 5.32 Å². The van der Waals surface area contributed by atoms with Crippen molar-refractivity contribution in [2.75, 3.05) is 26.2 Å². The maximum absolute atomic E-state index is 13.0. The number of nitrogens with one attached hydrogen (secondary N) is 1. The van der Waals surface area contributed by atoms with Gasteiger partial charge in [0.1, 0.15) is 0 Å². The number of nitrogens with zero attached hydrogens (tertiary/aromatic N) is 2. The molecule has 2 saturated heterocycles. The van der Waals surface area contributed by atoms with Gasteiger partial charge in [-0.1, -0.05) is 31.0 Å². The Hall–Kier alpha value is -1.59. The minimum absolute atomic E-state index is 0. The van der Waals surface area contributed by atoms with E-state index in [0.29, 0.717) is 25.0 Å². The summed E-state index contributed by atoms with van der Waals surface area (Å²) < 4.78 is 0. The minimum Gasteiger partial charge on any atom is -0.340 e. The lowest BCUT2D eigenvalue weighted by Gasteiger charge is -2.25. The maximum atomic E-state index is 13.0. The van der Waals surface area contributed by atoms with Gasteiger partial charge in [-0.05, 0) is 43.7 Å². The first kappa shape index (κ1) is 20.2. The van der Waals surface area contributed by atoms with Gasteiger partial charge >= 0.3 is 0 Å². The summed E-state index contributed by atoms with van der Waals surface area (Å²) in [7, 11) is 0. The maximum Gasteiger partial charge on any atom is 0.253 e. The number of hydrogen-bond acceptors (Lipinski definition) is 3. The average Bonchev–Trinajstić information content (AvgIpc) is 2.97. The Morgan fingerprint density at radius 3 is 2.37 bits per heavy atom. The fourth-order valence-electron chi connectivity index (χ4n) is 4.84. The molecule has 4 rings (SSSR count). The third-order valence-electron chi connectivity index (χ3n) is 6.28. The number of fused-ring (bicyclic) bond motifs is 1. The Bertz CT molecular complexity index is 640. The predicted molar refractivity (Wildman–Crippen MR) is 108 cm³/mol. The molecule has 2 heterocycles. The van der Waals surface area contributed by atoms with Crippen molar-refractivity contribution in [3.63, 3.8) is 0 Å². The molecule has 5 nitrogen and oxygen atoms in total. The number of benzene rings is 1. The molecule has 0 radical (unpaired) electrons. The molecule has 3 fully saturated rings. The molecule has 1 saturated carbocycles. The van der Waals surface area contributed by atoms with E-state index in [1.54, 1.807) is 0 Å². The first-order chi connectivity index (χ1) is 12.7. The molecule has 0 spiro atoms. The first-order valence-corrected chi connectivity index (χ1v) is 10.1. The molecule has 1 aliphatic carbocycles. The number of carbonyl (C=O) groups excluding carboxylic acids is 2. The fraction of sp³-hybridized carbons (Fsp3) is 0.619. The van der Waals surface area contributed by atoms with Gasteiger partial charge in [0.2, 0.25) is 5.91 Å². The van der Waals surface area contributed by atoms with Crippen LogP contribution in [0.5, 0.6) is 0 Å². The quantitative estimate of drug-likeness (QED) is 0.843. The highest BCUT2D eigenvalue weighted by Crippen LogP contribution is 2.33. The Morgan fingerprint density at radius 2 is 1.59 bits per heavy atom. The summed E-state index contributed by atoms with van der Waals surface area (Å²) in [5.41, 5.74) is 0.730. The summed E-state index contributed by atoms with van der Waals surface area (Å²) in [6.07, 6.45) is 6.92. The second-order valence-electron chi connectivity index (χ2n) is 7.94. The molecule has 3 unspecified atom stereocenters. The second-order valence-corrected chi connectivity index (χ2v) is 7.94. The summed E-state index contributed by atoms with van der Waals surface area (Å²) >= 11 is 0. The third kappa shape index (κ3) is 4.46. The van der Waals surface area contributed by atoms with Crippen LogP contribution < -0.4 is 5.32 Å². The van der Waals surface area contributed by atoms with Crippen LogP contribution in [0.4, 0.5) is 0 Å². The van der Waals surface area contributed by atoms with Crippen molar-refractivity contribution >= 4 is 24.2 Å². The summed E-state index contributed by atoms with van der Waals surface area (Å²) in [5, 5.41) is 3.60. The molecule has 2 amide bonds. The summed E-state index contributed by atoms with van der Waals surface area (Å²) in [4.78, 5) is 29.5. The zero-order chi connectivity index (χ0) is 17.9. The van der Waals surface area contributed by atoms with E-state index >= 15 is 0 Å². The number of halogens is 1. The van der Waals surface area contributed by atoms with E-state index in [0.717, 1.165) is 31.5 Å². The smallest absolute Gasteiger partial charge is 0.253 e. The second kappa shape index (κ2) is 9.07. The van der Waals surface area contributed by atoms with Gasteiger partial charge in [0.05, 0.1) is 6.04 Å². The van der Waals surface area contributed by atoms with E-state index < -0.39 is 0 Å². The zero-order valence-electron chi connectivity index (χ0n) is 15.8. The van der Waals surface area contributed by atoms with Crippen LogP contribution >= 0.6 is 12.4 Å². The molecular weight excluding hydrogens is 362 g/mol. The Balaban J connectivity index is 0.00000210. The molecule has 1 aromatic carbocycles. The van der Waals surface area contributed by atoms with Crippen molar-refractivity contribution in [3.05, 3.63) is 35.9 Å². The van der Waals surface area contributed by atoms with Crippen LogP contribution in [0.1, 0.15) is 48.9 Å². The lowest BCUT2D eigenvalue weighted by atomic mass is 9.85. The van der Waals surface area contributed by atoms with Crippen molar-refractivity contribution < 1.29 is 9.59 Å². The van der Waals surface area contributed by atoms with Gasteiger partial charge in [0.15, 0.2) is 0 Å². The molecule has 6 heteroatoms. The summed E-state index contributed by atoms with van der Waals surface area (Å²) in [6.45, 7) is 2.75. The number of carbonyl (C=O) groups is 2. The molecule has 3 atom stereocenters. The summed E-state index contributed by atoms with van der Waals surface area (Å²) in [6, 6.07) is 9.96. The highest BCUT2D eigenvalue weighted by molar-refractivity contribution is 5.94. The Morgan fingerprint density at radius 1 is 0.889 bits per heavy atom. The van der Waals surface area contributed by atoms with E-state index in [1.807, 2.05) is 40.1 Å². The average molecular weight is 392 g/mol. The number of amides is 2. The van der Waals surface area contributed by atoms with Crippen molar-refractivity contribution in [2.45, 2.75) is 50.6 Å². The van der Waals surface area contributed by atoms with Gasteiger partial charge in [-0.3, -0.25) is 9.59 Å². The van der Waals surface area contributed by atoms with Crippen LogP contribution in [-0.4, -0.2) is 59.9 Å². The fourth-order valence-corrected chi connectivity index (χ4v) is 4.84. The highest BCUT2D eigenvalue weighted by atomic mass is 35.5. The molecule has 1 aromatic rings. The van der Waals surface area contributed by atoms with Crippen LogP contribution in [0.2, 0.25) is 0 Å². The van der Waals surface area contributed by atoms with Gasteiger partial charge < -0.3 is 15.1 Å².